The Balaban J connectivity index is 2.03. The van der Waals surface area contributed by atoms with Gasteiger partial charge in [-0.3, -0.25) is 0 Å². The van der Waals surface area contributed by atoms with Gasteiger partial charge >= 0.3 is 0 Å². The fourth-order valence-corrected chi connectivity index (χ4v) is 3.92. The van der Waals surface area contributed by atoms with Gasteiger partial charge < -0.3 is 9.62 Å². The Morgan fingerprint density at radius 3 is 2.56 bits per heavy atom. The summed E-state index contributed by atoms with van der Waals surface area (Å²) in [5, 5.41) is 0. The van der Waals surface area contributed by atoms with E-state index in [1.54, 1.807) is 17.3 Å². The SMILES string of the molecule is C=CN(C)/C=C(\C)S(=O)Nc1cccc(CC=Cc2ccccc2CCC(C)=C(C)C)c1. The number of rotatable bonds is 11. The molecule has 0 heterocycles. The maximum Gasteiger partial charge on any atom is 0.147 e. The number of anilines is 1. The molecule has 1 unspecified atom stereocenters. The van der Waals surface area contributed by atoms with Crippen LogP contribution in [0.15, 0.2) is 89.6 Å². The lowest BCUT2D eigenvalue weighted by molar-refractivity contribution is 0.624. The van der Waals surface area contributed by atoms with E-state index in [-0.39, 0.29) is 0 Å². The predicted molar refractivity (Wildman–Crippen MR) is 141 cm³/mol. The molecule has 0 saturated carbocycles. The number of benzene rings is 2. The van der Waals surface area contributed by atoms with Gasteiger partial charge in [0, 0.05) is 18.9 Å². The first-order chi connectivity index (χ1) is 15.3. The molecule has 0 spiro atoms. The molecule has 2 aromatic rings. The molecule has 0 radical (unpaired) electrons. The molecule has 0 bridgehead atoms. The molecule has 0 fully saturated rings. The number of hydrogen-bond acceptors (Lipinski definition) is 2. The molecule has 0 aliphatic rings. The average molecular weight is 449 g/mol. The minimum Gasteiger partial charge on any atom is -0.357 e. The Kier molecular flexibility index (Phi) is 10.2. The van der Waals surface area contributed by atoms with Crippen molar-refractivity contribution < 1.29 is 4.21 Å². The lowest BCUT2D eigenvalue weighted by Crippen LogP contribution is -2.09. The lowest BCUT2D eigenvalue weighted by atomic mass is 9.98. The van der Waals surface area contributed by atoms with E-state index in [0.29, 0.717) is 0 Å². The van der Waals surface area contributed by atoms with Crippen LogP contribution >= 0.6 is 0 Å². The molecular formula is C28H36N2OS. The largest absolute Gasteiger partial charge is 0.357 e. The van der Waals surface area contributed by atoms with E-state index < -0.39 is 11.0 Å². The minimum atomic E-state index is -1.29. The van der Waals surface area contributed by atoms with Crippen molar-refractivity contribution in [3.05, 3.63) is 106 Å². The minimum absolute atomic E-state index is 0.734. The summed E-state index contributed by atoms with van der Waals surface area (Å²) in [4.78, 5) is 2.52. The van der Waals surface area contributed by atoms with E-state index >= 15 is 0 Å². The van der Waals surface area contributed by atoms with Crippen LogP contribution in [-0.4, -0.2) is 16.2 Å². The first-order valence-electron chi connectivity index (χ1n) is 11.0. The van der Waals surface area contributed by atoms with Gasteiger partial charge in [-0.1, -0.05) is 66.3 Å². The second-order valence-corrected chi connectivity index (χ2v) is 9.63. The lowest BCUT2D eigenvalue weighted by Gasteiger charge is -2.11. The molecule has 0 aliphatic heterocycles. The highest BCUT2D eigenvalue weighted by Crippen LogP contribution is 2.19. The van der Waals surface area contributed by atoms with Crippen molar-refractivity contribution in [3.63, 3.8) is 0 Å². The van der Waals surface area contributed by atoms with Gasteiger partial charge in [-0.25, -0.2) is 4.21 Å². The molecule has 4 heteroatoms. The van der Waals surface area contributed by atoms with Crippen molar-refractivity contribution in [2.24, 2.45) is 0 Å². The molecule has 0 aromatic heterocycles. The zero-order valence-corrected chi connectivity index (χ0v) is 20.8. The first kappa shape index (κ1) is 25.4. The summed E-state index contributed by atoms with van der Waals surface area (Å²) in [6.45, 7) is 12.1. The van der Waals surface area contributed by atoms with Gasteiger partial charge in [0.05, 0.1) is 4.91 Å². The number of nitrogens with one attached hydrogen (secondary N) is 1. The Bertz CT molecular complexity index is 1030. The molecule has 3 nitrogen and oxygen atoms in total. The second-order valence-electron chi connectivity index (χ2n) is 8.24. The molecule has 2 aromatic carbocycles. The highest BCUT2D eigenvalue weighted by molar-refractivity contribution is 7.90. The van der Waals surface area contributed by atoms with E-state index in [1.807, 2.05) is 26.1 Å². The number of nitrogens with zero attached hydrogens (tertiary/aromatic N) is 1. The van der Waals surface area contributed by atoms with Gasteiger partial charge in [0.15, 0.2) is 0 Å². The van der Waals surface area contributed by atoms with E-state index in [9.17, 15) is 4.21 Å². The smallest absolute Gasteiger partial charge is 0.147 e. The summed E-state index contributed by atoms with van der Waals surface area (Å²) in [6, 6.07) is 16.7. The molecule has 2 rings (SSSR count). The number of hydrogen-bond donors (Lipinski definition) is 1. The monoisotopic (exact) mass is 448 g/mol. The van der Waals surface area contributed by atoms with Crippen molar-refractivity contribution >= 4 is 22.7 Å². The highest BCUT2D eigenvalue weighted by atomic mass is 32.2. The molecule has 0 aliphatic carbocycles. The standard InChI is InChI=1S/C28H36N2OS/c1-7-30(6)21-24(5)32(31)29-28-17-11-13-25(20-28)12-10-16-26-14-8-9-15-27(26)19-18-23(4)22(2)3/h7-11,13-17,20-21,29H,1,12,18-19H2,2-6H3/b16-10?,24-21+. The van der Waals surface area contributed by atoms with Crippen molar-refractivity contribution in [1.29, 1.82) is 0 Å². The van der Waals surface area contributed by atoms with Crippen LogP contribution in [0.1, 0.15) is 50.8 Å². The van der Waals surface area contributed by atoms with Gasteiger partial charge in [0.25, 0.3) is 0 Å². The van der Waals surface area contributed by atoms with Crippen molar-refractivity contribution in [2.45, 2.75) is 47.0 Å². The first-order valence-corrected chi connectivity index (χ1v) is 12.1. The maximum atomic E-state index is 12.5. The van der Waals surface area contributed by atoms with Gasteiger partial charge in [0.1, 0.15) is 11.0 Å². The van der Waals surface area contributed by atoms with Crippen LogP contribution in [0.4, 0.5) is 5.69 Å². The van der Waals surface area contributed by atoms with Crippen molar-refractivity contribution in [3.8, 4) is 0 Å². The van der Waals surface area contributed by atoms with Crippen LogP contribution < -0.4 is 4.72 Å². The van der Waals surface area contributed by atoms with Gasteiger partial charge in [-0.05, 0) is 82.0 Å². The summed E-state index contributed by atoms with van der Waals surface area (Å²) in [5.41, 5.74) is 7.54. The van der Waals surface area contributed by atoms with E-state index in [2.05, 4.69) is 80.6 Å². The number of aryl methyl sites for hydroxylation is 1. The Hall–Kier alpha value is -2.85. The summed E-state index contributed by atoms with van der Waals surface area (Å²) < 4.78 is 15.6. The van der Waals surface area contributed by atoms with Crippen LogP contribution in [0.2, 0.25) is 0 Å². The Morgan fingerprint density at radius 1 is 1.09 bits per heavy atom. The third kappa shape index (κ3) is 8.35. The molecule has 1 N–H and O–H groups in total. The fourth-order valence-electron chi connectivity index (χ4n) is 3.16. The van der Waals surface area contributed by atoms with E-state index in [1.165, 1.54) is 27.8 Å². The predicted octanol–water partition coefficient (Wildman–Crippen LogP) is 7.24. The van der Waals surface area contributed by atoms with Crippen molar-refractivity contribution in [1.82, 2.24) is 4.90 Å². The quantitative estimate of drug-likeness (QED) is 0.367. The topological polar surface area (TPSA) is 32.3 Å². The summed E-state index contributed by atoms with van der Waals surface area (Å²) in [5.74, 6) is 0. The Labute approximate surface area is 196 Å². The zero-order chi connectivity index (χ0) is 23.5. The van der Waals surface area contributed by atoms with E-state index in [0.717, 1.165) is 29.9 Å². The summed E-state index contributed by atoms with van der Waals surface area (Å²) in [6.07, 6.45) is 10.9. The van der Waals surface area contributed by atoms with Gasteiger partial charge in [0.2, 0.25) is 0 Å². The summed E-state index contributed by atoms with van der Waals surface area (Å²) >= 11 is 0. The molecule has 1 atom stereocenters. The molecule has 0 saturated heterocycles. The second kappa shape index (κ2) is 12.9. The van der Waals surface area contributed by atoms with Crippen molar-refractivity contribution in [2.75, 3.05) is 11.8 Å². The highest BCUT2D eigenvalue weighted by Gasteiger charge is 2.05. The van der Waals surface area contributed by atoms with Crippen LogP contribution in [0.25, 0.3) is 6.08 Å². The fraction of sp³-hybridized carbons (Fsp3) is 0.286. The normalized spacial score (nSPS) is 12.5. The maximum absolute atomic E-state index is 12.5. The van der Waals surface area contributed by atoms with Gasteiger partial charge in [-0.2, -0.15) is 0 Å². The average Bonchev–Trinajstić information content (AvgIpc) is 2.78. The third-order valence-corrected chi connectivity index (χ3v) is 6.54. The van der Waals surface area contributed by atoms with Crippen LogP contribution in [0.5, 0.6) is 0 Å². The molecule has 170 valence electrons. The zero-order valence-electron chi connectivity index (χ0n) is 20.0. The Morgan fingerprint density at radius 2 is 1.84 bits per heavy atom. The van der Waals surface area contributed by atoms with Crippen LogP contribution in [0, 0.1) is 0 Å². The third-order valence-electron chi connectivity index (χ3n) is 5.43. The molecule has 32 heavy (non-hydrogen) atoms. The van der Waals surface area contributed by atoms with Gasteiger partial charge in [-0.15, -0.1) is 0 Å². The molecular weight excluding hydrogens is 412 g/mol. The summed E-state index contributed by atoms with van der Waals surface area (Å²) in [7, 11) is 0.568. The van der Waals surface area contributed by atoms with Crippen LogP contribution in [0.3, 0.4) is 0 Å². The molecule has 0 amide bonds. The van der Waals surface area contributed by atoms with E-state index in [4.69, 9.17) is 0 Å². The number of allylic oxidation sites excluding steroid dienone is 4. The van der Waals surface area contributed by atoms with Crippen LogP contribution in [-0.2, 0) is 23.8 Å².